The van der Waals surface area contributed by atoms with Gasteiger partial charge in [-0.15, -0.1) is 0 Å². The Balaban J connectivity index is 1.37. The van der Waals surface area contributed by atoms with Gasteiger partial charge in [0.1, 0.15) is 0 Å². The minimum atomic E-state index is -0.398. The Hall–Kier alpha value is -2.88. The molecule has 1 aromatic heterocycles. The van der Waals surface area contributed by atoms with Crippen molar-refractivity contribution >= 4 is 28.4 Å². The van der Waals surface area contributed by atoms with Crippen LogP contribution in [0.1, 0.15) is 94.2 Å². The van der Waals surface area contributed by atoms with Crippen LogP contribution in [-0.2, 0) is 9.59 Å². The van der Waals surface area contributed by atoms with Gasteiger partial charge in [0.25, 0.3) is 0 Å². The number of carbonyl (C=O) groups excluding carboxylic acids is 2. The first kappa shape index (κ1) is 22.9. The van der Waals surface area contributed by atoms with Crippen molar-refractivity contribution < 1.29 is 9.59 Å². The predicted molar refractivity (Wildman–Crippen MR) is 138 cm³/mol. The third kappa shape index (κ3) is 4.19. The van der Waals surface area contributed by atoms with Crippen LogP contribution in [0.3, 0.4) is 0 Å². The van der Waals surface area contributed by atoms with E-state index in [0.29, 0.717) is 11.6 Å². The molecule has 0 radical (unpaired) electrons. The molecular formula is C30H36N2O2. The van der Waals surface area contributed by atoms with E-state index < -0.39 is 5.92 Å². The summed E-state index contributed by atoms with van der Waals surface area (Å²) in [5.74, 6) is -0.469. The highest BCUT2D eigenvalue weighted by atomic mass is 16.2. The molecule has 4 heteroatoms. The number of fused-ring (bicyclic) bond motifs is 5. The Morgan fingerprint density at radius 3 is 2.26 bits per heavy atom. The molecule has 2 aliphatic rings. The van der Waals surface area contributed by atoms with Gasteiger partial charge in [-0.3, -0.25) is 9.59 Å². The van der Waals surface area contributed by atoms with E-state index in [1.165, 1.54) is 67.2 Å². The molecule has 1 saturated heterocycles. The van der Waals surface area contributed by atoms with Crippen LogP contribution >= 0.6 is 0 Å². The lowest BCUT2D eigenvalue weighted by Crippen LogP contribution is -2.30. The van der Waals surface area contributed by atoms with Crippen LogP contribution in [0, 0.1) is 5.92 Å². The van der Waals surface area contributed by atoms with Crippen LogP contribution in [-0.4, -0.2) is 16.8 Å². The van der Waals surface area contributed by atoms with Crippen molar-refractivity contribution in [3.05, 3.63) is 65.9 Å². The number of benzene rings is 2. The quantitative estimate of drug-likeness (QED) is 0.254. The topological polar surface area (TPSA) is 53.2 Å². The van der Waals surface area contributed by atoms with Crippen LogP contribution in [0.4, 0.5) is 5.69 Å². The Bertz CT molecular complexity index is 1150. The molecule has 2 aromatic carbocycles. The van der Waals surface area contributed by atoms with Gasteiger partial charge in [-0.1, -0.05) is 94.7 Å². The van der Waals surface area contributed by atoms with Gasteiger partial charge in [0, 0.05) is 16.6 Å². The number of aromatic amines is 1. The fraction of sp³-hybridized carbons (Fsp3) is 0.467. The number of imide groups is 1. The standard InChI is InChI=1S/C30H36N2O2/c1-2-3-4-5-6-7-8-10-15-21-20-24-27(28-26(21)23-18-13-14-19-25(23)31-28)30(34)32(29(24)33)22-16-11-9-12-17-22/h9,11-14,16-19,21,24,27,31H,2-8,10,15,20H2,1H3/t21-,24+,27+/m0/s1. The van der Waals surface area contributed by atoms with E-state index in [2.05, 4.69) is 30.1 Å². The number of rotatable bonds is 10. The van der Waals surface area contributed by atoms with Gasteiger partial charge >= 0.3 is 0 Å². The largest absolute Gasteiger partial charge is 0.357 e. The summed E-state index contributed by atoms with van der Waals surface area (Å²) in [7, 11) is 0. The number of amides is 2. The van der Waals surface area contributed by atoms with Crippen LogP contribution in [0.5, 0.6) is 0 Å². The van der Waals surface area contributed by atoms with Crippen molar-refractivity contribution in [2.75, 3.05) is 4.90 Å². The lowest BCUT2D eigenvalue weighted by atomic mass is 9.72. The fourth-order valence-electron chi connectivity index (χ4n) is 6.20. The van der Waals surface area contributed by atoms with Gasteiger partial charge in [-0.05, 0) is 42.5 Å². The molecule has 34 heavy (non-hydrogen) atoms. The second-order valence-electron chi connectivity index (χ2n) is 10.1. The molecule has 5 rings (SSSR count). The molecule has 1 aliphatic heterocycles. The maximum absolute atomic E-state index is 13.6. The summed E-state index contributed by atoms with van der Waals surface area (Å²) >= 11 is 0. The minimum Gasteiger partial charge on any atom is -0.357 e. The molecule has 1 aliphatic carbocycles. The molecule has 178 valence electrons. The zero-order chi connectivity index (χ0) is 23.5. The Labute approximate surface area is 202 Å². The van der Waals surface area contributed by atoms with Crippen molar-refractivity contribution in [1.29, 1.82) is 0 Å². The first-order valence-electron chi connectivity index (χ1n) is 13.2. The molecule has 1 fully saturated rings. The molecule has 0 saturated carbocycles. The summed E-state index contributed by atoms with van der Waals surface area (Å²) in [6.07, 6.45) is 12.2. The second-order valence-corrected chi connectivity index (χ2v) is 10.1. The predicted octanol–water partition coefficient (Wildman–Crippen LogP) is 7.46. The van der Waals surface area contributed by atoms with Crippen molar-refractivity contribution in [3.8, 4) is 0 Å². The summed E-state index contributed by atoms with van der Waals surface area (Å²) < 4.78 is 0. The zero-order valence-electron chi connectivity index (χ0n) is 20.3. The lowest BCUT2D eigenvalue weighted by Gasteiger charge is -2.29. The zero-order valence-corrected chi connectivity index (χ0v) is 20.3. The molecule has 0 bridgehead atoms. The molecule has 0 spiro atoms. The Morgan fingerprint density at radius 2 is 1.50 bits per heavy atom. The number of H-pyrrole nitrogens is 1. The monoisotopic (exact) mass is 456 g/mol. The van der Waals surface area contributed by atoms with Crippen molar-refractivity contribution in [3.63, 3.8) is 0 Å². The van der Waals surface area contributed by atoms with E-state index in [9.17, 15) is 9.59 Å². The van der Waals surface area contributed by atoms with Gasteiger partial charge in [-0.25, -0.2) is 4.90 Å². The van der Waals surface area contributed by atoms with Gasteiger partial charge < -0.3 is 4.98 Å². The highest BCUT2D eigenvalue weighted by Crippen LogP contribution is 2.51. The molecule has 0 unspecified atom stereocenters. The average molecular weight is 457 g/mol. The number of unbranched alkanes of at least 4 members (excludes halogenated alkanes) is 7. The van der Waals surface area contributed by atoms with Crippen LogP contribution < -0.4 is 4.90 Å². The van der Waals surface area contributed by atoms with Crippen LogP contribution in [0.15, 0.2) is 54.6 Å². The Kier molecular flexibility index (Phi) is 6.85. The number of aromatic nitrogens is 1. The highest BCUT2D eigenvalue weighted by molar-refractivity contribution is 6.24. The SMILES string of the molecule is CCCCCCCCCC[C@H]1C[C@H]2C(=O)N(c3ccccc3)C(=O)[C@H]2c2[nH]c3ccccc3c21. The van der Waals surface area contributed by atoms with Crippen molar-refractivity contribution in [2.24, 2.45) is 5.92 Å². The van der Waals surface area contributed by atoms with E-state index in [4.69, 9.17) is 0 Å². The van der Waals surface area contributed by atoms with Crippen molar-refractivity contribution in [2.45, 2.75) is 83.0 Å². The molecule has 1 N–H and O–H groups in total. The van der Waals surface area contributed by atoms with Crippen molar-refractivity contribution in [1.82, 2.24) is 4.98 Å². The number of para-hydroxylation sites is 2. The Morgan fingerprint density at radius 1 is 0.824 bits per heavy atom. The van der Waals surface area contributed by atoms with Crippen LogP contribution in [0.2, 0.25) is 0 Å². The summed E-state index contributed by atoms with van der Waals surface area (Å²) in [4.78, 5) is 32.1. The smallest absolute Gasteiger partial charge is 0.243 e. The van der Waals surface area contributed by atoms with E-state index in [1.54, 1.807) is 0 Å². The molecule has 2 amide bonds. The number of hydrogen-bond acceptors (Lipinski definition) is 2. The molecule has 3 aromatic rings. The van der Waals surface area contributed by atoms with E-state index >= 15 is 0 Å². The molecular weight excluding hydrogens is 420 g/mol. The number of nitrogens with one attached hydrogen (secondary N) is 1. The van der Waals surface area contributed by atoms with Gasteiger partial charge in [0.15, 0.2) is 0 Å². The van der Waals surface area contributed by atoms with E-state index in [1.807, 2.05) is 36.4 Å². The lowest BCUT2D eigenvalue weighted by molar-refractivity contribution is -0.122. The first-order chi connectivity index (χ1) is 16.7. The number of hydrogen-bond donors (Lipinski definition) is 1. The number of carbonyl (C=O) groups is 2. The number of nitrogens with zero attached hydrogens (tertiary/aromatic N) is 1. The van der Waals surface area contributed by atoms with Gasteiger partial charge in [0.2, 0.25) is 11.8 Å². The minimum absolute atomic E-state index is 0.0357. The first-order valence-corrected chi connectivity index (χ1v) is 13.2. The van der Waals surface area contributed by atoms with E-state index in [-0.39, 0.29) is 17.7 Å². The maximum atomic E-state index is 13.6. The third-order valence-corrected chi connectivity index (χ3v) is 7.88. The van der Waals surface area contributed by atoms with Gasteiger partial charge in [0.05, 0.1) is 17.5 Å². The summed E-state index contributed by atoms with van der Waals surface area (Å²) in [5.41, 5.74) is 4.03. The summed E-state index contributed by atoms with van der Waals surface area (Å²) in [5, 5.41) is 1.22. The fourth-order valence-corrected chi connectivity index (χ4v) is 6.20. The summed E-state index contributed by atoms with van der Waals surface area (Å²) in [6, 6.07) is 17.8. The van der Waals surface area contributed by atoms with E-state index in [0.717, 1.165) is 24.1 Å². The van der Waals surface area contributed by atoms with Crippen LogP contribution in [0.25, 0.3) is 10.9 Å². The number of anilines is 1. The third-order valence-electron chi connectivity index (χ3n) is 7.88. The average Bonchev–Trinajstić information content (AvgIpc) is 3.36. The molecule has 4 nitrogen and oxygen atoms in total. The summed E-state index contributed by atoms with van der Waals surface area (Å²) in [6.45, 7) is 2.26. The molecule has 3 atom stereocenters. The highest BCUT2D eigenvalue weighted by Gasteiger charge is 2.53. The normalized spacial score (nSPS) is 21.8. The van der Waals surface area contributed by atoms with Gasteiger partial charge in [-0.2, -0.15) is 0 Å². The second kappa shape index (κ2) is 10.2. The molecule has 2 heterocycles. The maximum Gasteiger partial charge on any atom is 0.243 e.